The van der Waals surface area contributed by atoms with E-state index in [-0.39, 0.29) is 11.5 Å². The lowest BCUT2D eigenvalue weighted by atomic mass is 10.1. The normalized spacial score (nSPS) is 10.7. The van der Waals surface area contributed by atoms with Gasteiger partial charge in [0.15, 0.2) is 0 Å². The zero-order chi connectivity index (χ0) is 16.8. The molecule has 0 unspecified atom stereocenters. The molecule has 1 N–H and O–H groups in total. The minimum absolute atomic E-state index is 0.0859. The molecule has 5 nitrogen and oxygen atoms in total. The number of carboxylic acid groups (broad SMARTS) is 1. The van der Waals surface area contributed by atoms with E-state index in [1.54, 1.807) is 28.4 Å². The number of carboxylic acids is 1. The van der Waals surface area contributed by atoms with Crippen LogP contribution in [-0.2, 0) is 6.54 Å². The lowest BCUT2D eigenvalue weighted by molar-refractivity contribution is 0.0692. The van der Waals surface area contributed by atoms with Crippen molar-refractivity contribution in [3.63, 3.8) is 0 Å². The number of benzene rings is 1. The van der Waals surface area contributed by atoms with Crippen molar-refractivity contribution < 1.29 is 14.7 Å². The zero-order valence-corrected chi connectivity index (χ0v) is 14.0. The van der Waals surface area contributed by atoms with Crippen molar-refractivity contribution in [2.45, 2.75) is 6.54 Å². The molecule has 0 bridgehead atoms. The van der Waals surface area contributed by atoms with Crippen LogP contribution in [0.25, 0.3) is 0 Å². The van der Waals surface area contributed by atoms with Crippen LogP contribution >= 0.6 is 11.3 Å². The second kappa shape index (κ2) is 7.89. The second-order valence-electron chi connectivity index (χ2n) is 5.49. The molecular weight excluding hydrogens is 312 g/mol. The molecule has 1 amide bonds. The number of nitrogens with zero attached hydrogens (tertiary/aromatic N) is 2. The third-order valence-electron chi connectivity index (χ3n) is 3.41. The monoisotopic (exact) mass is 332 g/mol. The fraction of sp³-hybridized carbons (Fsp3) is 0.294. The van der Waals surface area contributed by atoms with E-state index >= 15 is 0 Å². The molecule has 122 valence electrons. The molecular formula is C17H20N2O3S. The van der Waals surface area contributed by atoms with E-state index in [1.165, 1.54) is 12.1 Å². The molecule has 1 heterocycles. The third-order valence-corrected chi connectivity index (χ3v) is 4.27. The Morgan fingerprint density at radius 1 is 1.04 bits per heavy atom. The summed E-state index contributed by atoms with van der Waals surface area (Å²) in [5, 5.41) is 10.9. The summed E-state index contributed by atoms with van der Waals surface area (Å²) in [6, 6.07) is 10.0. The molecule has 1 aromatic carbocycles. The predicted octanol–water partition coefficient (Wildman–Crippen LogP) is 2.65. The first kappa shape index (κ1) is 17.2. The number of aromatic carboxylic acids is 1. The molecule has 0 radical (unpaired) electrons. The summed E-state index contributed by atoms with van der Waals surface area (Å²) in [5.74, 6) is -1.08. The summed E-state index contributed by atoms with van der Waals surface area (Å²) in [6.07, 6.45) is 0. The van der Waals surface area contributed by atoms with Crippen LogP contribution < -0.4 is 0 Å². The van der Waals surface area contributed by atoms with E-state index in [4.69, 9.17) is 5.11 Å². The smallest absolute Gasteiger partial charge is 0.335 e. The van der Waals surface area contributed by atoms with Crippen molar-refractivity contribution in [2.24, 2.45) is 0 Å². The largest absolute Gasteiger partial charge is 0.478 e. The molecule has 0 fully saturated rings. The number of hydrogen-bond acceptors (Lipinski definition) is 4. The fourth-order valence-corrected chi connectivity index (χ4v) is 2.82. The van der Waals surface area contributed by atoms with Gasteiger partial charge < -0.3 is 14.9 Å². The van der Waals surface area contributed by atoms with Crippen LogP contribution in [0.5, 0.6) is 0 Å². The van der Waals surface area contributed by atoms with Crippen LogP contribution in [0.4, 0.5) is 0 Å². The molecule has 0 aliphatic rings. The molecule has 0 atom stereocenters. The van der Waals surface area contributed by atoms with Gasteiger partial charge in [0.1, 0.15) is 0 Å². The van der Waals surface area contributed by atoms with Crippen LogP contribution in [0.1, 0.15) is 25.6 Å². The van der Waals surface area contributed by atoms with Crippen LogP contribution in [0.15, 0.2) is 41.8 Å². The first-order valence-electron chi connectivity index (χ1n) is 7.27. The molecule has 0 saturated carbocycles. The van der Waals surface area contributed by atoms with Crippen molar-refractivity contribution in [1.82, 2.24) is 9.80 Å². The van der Waals surface area contributed by atoms with Gasteiger partial charge in [0.25, 0.3) is 5.91 Å². The van der Waals surface area contributed by atoms with Gasteiger partial charge in [-0.15, -0.1) is 11.3 Å². The molecule has 2 rings (SSSR count). The topological polar surface area (TPSA) is 60.9 Å². The summed E-state index contributed by atoms with van der Waals surface area (Å²) in [7, 11) is 3.94. The summed E-state index contributed by atoms with van der Waals surface area (Å²) in [6.45, 7) is 1.94. The first-order valence-corrected chi connectivity index (χ1v) is 8.15. The van der Waals surface area contributed by atoms with E-state index in [9.17, 15) is 9.59 Å². The van der Waals surface area contributed by atoms with Gasteiger partial charge >= 0.3 is 5.97 Å². The number of likely N-dealkylation sites (N-methyl/N-ethyl adjacent to an activating group) is 1. The van der Waals surface area contributed by atoms with Gasteiger partial charge in [-0.25, -0.2) is 4.79 Å². The maximum atomic E-state index is 12.7. The Balaban J connectivity index is 2.15. The summed E-state index contributed by atoms with van der Waals surface area (Å²) < 4.78 is 0. The van der Waals surface area contributed by atoms with Gasteiger partial charge in [-0.05, 0) is 49.8 Å². The molecule has 23 heavy (non-hydrogen) atoms. The fourth-order valence-electron chi connectivity index (χ4n) is 2.10. The van der Waals surface area contributed by atoms with E-state index in [0.717, 1.165) is 11.4 Å². The Morgan fingerprint density at radius 3 is 2.22 bits per heavy atom. The molecule has 6 heteroatoms. The molecule has 0 aliphatic carbocycles. The minimum Gasteiger partial charge on any atom is -0.478 e. The van der Waals surface area contributed by atoms with Gasteiger partial charge in [-0.3, -0.25) is 4.79 Å². The van der Waals surface area contributed by atoms with Gasteiger partial charge in [0.05, 0.1) is 12.1 Å². The summed E-state index contributed by atoms with van der Waals surface area (Å²) in [5.41, 5.74) is 0.685. The third kappa shape index (κ3) is 4.91. The Labute approximate surface area is 139 Å². The van der Waals surface area contributed by atoms with E-state index in [1.807, 2.05) is 36.5 Å². The zero-order valence-electron chi connectivity index (χ0n) is 13.2. The van der Waals surface area contributed by atoms with Crippen LogP contribution in [-0.4, -0.2) is 54.0 Å². The quantitative estimate of drug-likeness (QED) is 0.847. The summed E-state index contributed by atoms with van der Waals surface area (Å²) >= 11 is 1.62. The Morgan fingerprint density at radius 2 is 1.70 bits per heavy atom. The van der Waals surface area contributed by atoms with Crippen molar-refractivity contribution in [3.8, 4) is 0 Å². The standard InChI is InChI=1S/C17H20N2O3S/c1-18(2)9-10-19(12-15-4-3-11-23-15)16(20)13-5-7-14(8-6-13)17(21)22/h3-8,11H,9-10,12H2,1-2H3,(H,21,22). The second-order valence-corrected chi connectivity index (χ2v) is 6.52. The number of rotatable bonds is 7. The minimum atomic E-state index is -0.993. The molecule has 0 saturated heterocycles. The number of hydrogen-bond donors (Lipinski definition) is 1. The van der Waals surface area contributed by atoms with Gasteiger partial charge in [-0.2, -0.15) is 0 Å². The number of thiophene rings is 1. The van der Waals surface area contributed by atoms with Crippen molar-refractivity contribution in [1.29, 1.82) is 0 Å². The average molecular weight is 332 g/mol. The molecule has 0 aliphatic heterocycles. The lowest BCUT2D eigenvalue weighted by Crippen LogP contribution is -2.36. The highest BCUT2D eigenvalue weighted by atomic mass is 32.1. The maximum absolute atomic E-state index is 12.7. The van der Waals surface area contributed by atoms with Gasteiger partial charge in [0.2, 0.25) is 0 Å². The highest BCUT2D eigenvalue weighted by Crippen LogP contribution is 2.15. The SMILES string of the molecule is CN(C)CCN(Cc1cccs1)C(=O)c1ccc(C(=O)O)cc1. The van der Waals surface area contributed by atoms with Crippen molar-refractivity contribution >= 4 is 23.2 Å². The van der Waals surface area contributed by atoms with Crippen LogP contribution in [0.3, 0.4) is 0 Å². The Bertz CT molecular complexity index is 651. The Kier molecular flexibility index (Phi) is 5.90. The summed E-state index contributed by atoms with van der Waals surface area (Å²) in [4.78, 5) is 28.6. The van der Waals surface area contributed by atoms with E-state index in [0.29, 0.717) is 18.7 Å². The van der Waals surface area contributed by atoms with Crippen LogP contribution in [0.2, 0.25) is 0 Å². The van der Waals surface area contributed by atoms with E-state index < -0.39 is 5.97 Å². The number of carbonyl (C=O) groups is 2. The number of amides is 1. The van der Waals surface area contributed by atoms with Gasteiger partial charge in [0, 0.05) is 23.5 Å². The molecule has 1 aromatic heterocycles. The maximum Gasteiger partial charge on any atom is 0.335 e. The van der Waals surface area contributed by atoms with Crippen molar-refractivity contribution in [2.75, 3.05) is 27.2 Å². The lowest BCUT2D eigenvalue weighted by Gasteiger charge is -2.24. The van der Waals surface area contributed by atoms with E-state index in [2.05, 4.69) is 0 Å². The van der Waals surface area contributed by atoms with Crippen LogP contribution in [0, 0.1) is 0 Å². The first-order chi connectivity index (χ1) is 11.0. The van der Waals surface area contributed by atoms with Gasteiger partial charge in [-0.1, -0.05) is 6.07 Å². The predicted molar refractivity (Wildman–Crippen MR) is 91.0 cm³/mol. The average Bonchev–Trinajstić information content (AvgIpc) is 3.03. The molecule has 2 aromatic rings. The highest BCUT2D eigenvalue weighted by molar-refractivity contribution is 7.09. The highest BCUT2D eigenvalue weighted by Gasteiger charge is 2.17. The number of carbonyl (C=O) groups excluding carboxylic acids is 1. The Hall–Kier alpha value is -2.18. The molecule has 0 spiro atoms. The van der Waals surface area contributed by atoms with Crippen molar-refractivity contribution in [3.05, 3.63) is 57.8 Å².